The van der Waals surface area contributed by atoms with Gasteiger partial charge in [-0.3, -0.25) is 14.5 Å². The van der Waals surface area contributed by atoms with Crippen molar-refractivity contribution < 1.29 is 19.1 Å². The molecule has 6 aliphatic heterocycles. The molecule has 1 N–H and O–H groups in total. The van der Waals surface area contributed by atoms with Gasteiger partial charge in [0.15, 0.2) is 11.5 Å². The van der Waals surface area contributed by atoms with E-state index in [0.29, 0.717) is 29.5 Å². The number of hydrogen-bond donors (Lipinski definition) is 1. The summed E-state index contributed by atoms with van der Waals surface area (Å²) in [6, 6.07) is 3.97. The molecule has 7 nitrogen and oxygen atoms in total. The Labute approximate surface area is 206 Å². The van der Waals surface area contributed by atoms with Gasteiger partial charge in [-0.1, -0.05) is 26.8 Å². The first-order valence-corrected chi connectivity index (χ1v) is 13.0. The Bertz CT molecular complexity index is 1240. The number of ether oxygens (including phenoxy) is 2. The first-order valence-electron chi connectivity index (χ1n) is 13.0. The quantitative estimate of drug-likeness (QED) is 0.614. The van der Waals surface area contributed by atoms with Crippen LogP contribution in [-0.4, -0.2) is 53.0 Å². The molecule has 2 amide bonds. The van der Waals surface area contributed by atoms with Gasteiger partial charge in [0.25, 0.3) is 0 Å². The summed E-state index contributed by atoms with van der Waals surface area (Å²) in [5.41, 5.74) is -0.882. The van der Waals surface area contributed by atoms with Crippen molar-refractivity contribution in [3.05, 3.63) is 30.0 Å². The first-order chi connectivity index (χ1) is 16.4. The van der Waals surface area contributed by atoms with E-state index in [4.69, 9.17) is 9.47 Å². The van der Waals surface area contributed by atoms with E-state index in [-0.39, 0.29) is 23.4 Å². The predicted molar refractivity (Wildman–Crippen MR) is 131 cm³/mol. The minimum absolute atomic E-state index is 0.0182. The second-order valence-electron chi connectivity index (χ2n) is 13.0. The SMILES string of the molecule is CC1CCN2CC34CC5(C(=O)Nc6c5ccc5c6OC=CC(C)(C)O5)C(C)(C)C3CC12N(C)C4=O. The lowest BCUT2D eigenvalue weighted by Gasteiger charge is -2.65. The highest BCUT2D eigenvalue weighted by Crippen LogP contribution is 2.75. The van der Waals surface area contributed by atoms with Gasteiger partial charge in [-0.2, -0.15) is 0 Å². The molecule has 2 bridgehead atoms. The summed E-state index contributed by atoms with van der Waals surface area (Å²) in [5.74, 6) is 1.93. The fraction of sp³-hybridized carbons (Fsp3) is 0.643. The van der Waals surface area contributed by atoms with Crippen molar-refractivity contribution in [3.63, 3.8) is 0 Å². The second-order valence-corrected chi connectivity index (χ2v) is 13.0. The van der Waals surface area contributed by atoms with Crippen LogP contribution in [0, 0.1) is 22.7 Å². The van der Waals surface area contributed by atoms with Crippen LogP contribution in [-0.2, 0) is 15.0 Å². The van der Waals surface area contributed by atoms with Crippen LogP contribution in [0.2, 0.25) is 0 Å². The van der Waals surface area contributed by atoms with Gasteiger partial charge in [0.05, 0.1) is 28.4 Å². The number of anilines is 1. The standard InChI is InChI=1S/C28H35N3O4/c1-16-9-11-31-15-26-14-27(25(4,5)19(26)13-28(16,31)30(6)23(26)33)17-7-8-18-21(20(17)29-22(27)32)34-12-10-24(2,3)35-18/h7-8,10,12,16,19H,9,11,13-15H2,1-6H3,(H,29,32). The lowest BCUT2D eigenvalue weighted by molar-refractivity contribution is -0.212. The van der Waals surface area contributed by atoms with Gasteiger partial charge in [-0.05, 0) is 68.1 Å². The van der Waals surface area contributed by atoms with Crippen molar-refractivity contribution in [3.8, 4) is 11.5 Å². The number of nitrogens with one attached hydrogen (secondary N) is 1. The minimum Gasteiger partial charge on any atom is -0.480 e. The molecule has 0 aromatic heterocycles. The molecule has 7 aliphatic rings. The number of benzene rings is 1. The molecule has 1 aliphatic carbocycles. The van der Waals surface area contributed by atoms with Crippen LogP contribution < -0.4 is 14.8 Å². The van der Waals surface area contributed by atoms with Crippen molar-refractivity contribution >= 4 is 17.5 Å². The van der Waals surface area contributed by atoms with Gasteiger partial charge >= 0.3 is 0 Å². The zero-order valence-corrected chi connectivity index (χ0v) is 21.5. The van der Waals surface area contributed by atoms with Crippen LogP contribution in [0.4, 0.5) is 5.69 Å². The number of hydrogen-bond acceptors (Lipinski definition) is 5. The molecule has 5 atom stereocenters. The van der Waals surface area contributed by atoms with Crippen molar-refractivity contribution in [2.75, 3.05) is 25.5 Å². The highest BCUT2D eigenvalue weighted by molar-refractivity contribution is 6.10. The third-order valence-corrected chi connectivity index (χ3v) is 10.9. The van der Waals surface area contributed by atoms with Gasteiger partial charge in [-0.15, -0.1) is 0 Å². The topological polar surface area (TPSA) is 71.1 Å². The number of amides is 2. The Balaban J connectivity index is 1.41. The molecular weight excluding hydrogens is 442 g/mol. The Hall–Kier alpha value is -2.54. The molecule has 8 rings (SSSR count). The van der Waals surface area contributed by atoms with Crippen LogP contribution >= 0.6 is 0 Å². The van der Waals surface area contributed by atoms with Crippen molar-refractivity contribution in [1.82, 2.24) is 9.80 Å². The molecule has 5 fully saturated rings. The maximum Gasteiger partial charge on any atom is 0.235 e. The molecule has 4 saturated heterocycles. The summed E-state index contributed by atoms with van der Waals surface area (Å²) in [4.78, 5) is 32.9. The monoisotopic (exact) mass is 477 g/mol. The van der Waals surface area contributed by atoms with Crippen LogP contribution in [0.25, 0.3) is 0 Å². The molecule has 3 spiro atoms. The lowest BCUT2D eigenvalue weighted by Crippen LogP contribution is -2.77. The van der Waals surface area contributed by atoms with Gasteiger partial charge in [0.2, 0.25) is 11.8 Å². The van der Waals surface area contributed by atoms with E-state index in [2.05, 4.69) is 31.0 Å². The average molecular weight is 478 g/mol. The maximum absolute atomic E-state index is 14.2. The van der Waals surface area contributed by atoms with Crippen LogP contribution in [0.5, 0.6) is 11.5 Å². The maximum atomic E-state index is 14.2. The Morgan fingerprint density at radius 3 is 2.69 bits per heavy atom. The molecule has 1 aromatic carbocycles. The summed E-state index contributed by atoms with van der Waals surface area (Å²) in [6.07, 6.45) is 6.09. The number of nitrogens with zero attached hydrogens (tertiary/aromatic N) is 2. The predicted octanol–water partition coefficient (Wildman–Crippen LogP) is 3.89. The van der Waals surface area contributed by atoms with E-state index >= 15 is 0 Å². The van der Waals surface area contributed by atoms with Gasteiger partial charge < -0.3 is 19.7 Å². The first kappa shape index (κ1) is 21.7. The van der Waals surface area contributed by atoms with Crippen LogP contribution in [0.3, 0.4) is 0 Å². The lowest BCUT2D eigenvalue weighted by atomic mass is 9.56. The molecule has 1 saturated carbocycles. The number of rotatable bonds is 0. The summed E-state index contributed by atoms with van der Waals surface area (Å²) < 4.78 is 12.2. The number of piperidine rings is 2. The summed E-state index contributed by atoms with van der Waals surface area (Å²) in [6.45, 7) is 12.5. The number of carbonyl (C=O) groups is 2. The third-order valence-electron chi connectivity index (χ3n) is 10.9. The zero-order valence-electron chi connectivity index (χ0n) is 21.5. The van der Waals surface area contributed by atoms with E-state index in [1.54, 1.807) is 6.26 Å². The fourth-order valence-electron chi connectivity index (χ4n) is 9.17. The Morgan fingerprint density at radius 1 is 1.14 bits per heavy atom. The molecule has 5 unspecified atom stereocenters. The summed E-state index contributed by atoms with van der Waals surface area (Å²) >= 11 is 0. The molecule has 35 heavy (non-hydrogen) atoms. The summed E-state index contributed by atoms with van der Waals surface area (Å²) in [5, 5.41) is 3.20. The van der Waals surface area contributed by atoms with E-state index < -0.39 is 21.8 Å². The molecular formula is C28H35N3O4. The Kier molecular flexibility index (Phi) is 3.75. The number of carbonyl (C=O) groups excluding carboxylic acids is 2. The average Bonchev–Trinajstić information content (AvgIpc) is 3.29. The van der Waals surface area contributed by atoms with E-state index in [0.717, 1.165) is 31.5 Å². The molecule has 0 radical (unpaired) electrons. The highest BCUT2D eigenvalue weighted by atomic mass is 16.5. The third kappa shape index (κ3) is 2.16. The van der Waals surface area contributed by atoms with Gasteiger partial charge in [-0.25, -0.2) is 0 Å². The fourth-order valence-corrected chi connectivity index (χ4v) is 9.17. The normalized spacial score (nSPS) is 41.6. The van der Waals surface area contributed by atoms with Gasteiger partial charge in [0, 0.05) is 20.1 Å². The molecule has 1 aromatic rings. The van der Waals surface area contributed by atoms with E-state index in [1.165, 1.54) is 0 Å². The largest absolute Gasteiger partial charge is 0.480 e. The summed E-state index contributed by atoms with van der Waals surface area (Å²) in [7, 11) is 1.99. The Morgan fingerprint density at radius 2 is 1.91 bits per heavy atom. The zero-order chi connectivity index (χ0) is 24.8. The van der Waals surface area contributed by atoms with Crippen LogP contribution in [0.1, 0.15) is 59.4 Å². The van der Waals surface area contributed by atoms with Gasteiger partial charge in [0.1, 0.15) is 5.60 Å². The van der Waals surface area contributed by atoms with Crippen LogP contribution in [0.15, 0.2) is 24.5 Å². The second kappa shape index (κ2) is 6.05. The highest BCUT2D eigenvalue weighted by Gasteiger charge is 2.80. The molecule has 186 valence electrons. The smallest absolute Gasteiger partial charge is 0.235 e. The van der Waals surface area contributed by atoms with E-state index in [1.807, 2.05) is 44.0 Å². The minimum atomic E-state index is -0.804. The molecule has 7 heteroatoms. The molecule has 6 heterocycles. The van der Waals surface area contributed by atoms with Crippen molar-refractivity contribution in [1.29, 1.82) is 0 Å². The number of fused-ring (bicyclic) bond motifs is 5. The van der Waals surface area contributed by atoms with Crippen molar-refractivity contribution in [2.24, 2.45) is 22.7 Å². The van der Waals surface area contributed by atoms with E-state index in [9.17, 15) is 9.59 Å². The van der Waals surface area contributed by atoms with Crippen molar-refractivity contribution in [2.45, 2.75) is 70.6 Å².